The van der Waals surface area contributed by atoms with Gasteiger partial charge in [0.15, 0.2) is 4.90 Å². The molecule has 3 rings (SSSR count). The van der Waals surface area contributed by atoms with E-state index < -0.39 is 17.2 Å². The molecule has 1 saturated heterocycles. The van der Waals surface area contributed by atoms with E-state index in [0.29, 0.717) is 21.2 Å². The van der Waals surface area contributed by atoms with Gasteiger partial charge in [0.25, 0.3) is 0 Å². The quantitative estimate of drug-likeness (QED) is 0.465. The summed E-state index contributed by atoms with van der Waals surface area (Å²) in [4.78, 5) is 5.21. The summed E-state index contributed by atoms with van der Waals surface area (Å²) in [5.74, 6) is -0.460. The van der Waals surface area contributed by atoms with E-state index >= 15 is 0 Å². The van der Waals surface area contributed by atoms with Crippen molar-refractivity contribution in [3.63, 3.8) is 0 Å². The summed E-state index contributed by atoms with van der Waals surface area (Å²) in [6, 6.07) is 10.3. The summed E-state index contributed by atoms with van der Waals surface area (Å²) in [6.07, 6.45) is 1.36. The van der Waals surface area contributed by atoms with Crippen LogP contribution < -0.4 is 15.0 Å². The first-order valence-corrected chi connectivity index (χ1v) is 9.79. The van der Waals surface area contributed by atoms with Crippen LogP contribution in [0.5, 0.6) is 0 Å². The number of halogens is 2. The summed E-state index contributed by atoms with van der Waals surface area (Å²) in [6.45, 7) is 5.10. The van der Waals surface area contributed by atoms with E-state index in [1.807, 2.05) is 19.1 Å². The lowest BCUT2D eigenvalue weighted by molar-refractivity contribution is 0.582. The lowest BCUT2D eigenvalue weighted by atomic mass is 10.1. The molecule has 0 radical (unpaired) electrons. The van der Waals surface area contributed by atoms with Crippen LogP contribution in [-0.4, -0.2) is 36.9 Å². The highest BCUT2D eigenvalue weighted by Gasteiger charge is 2.18. The Labute approximate surface area is 160 Å². The van der Waals surface area contributed by atoms with Crippen LogP contribution in [0, 0.1) is 12.7 Å². The number of anilines is 1. The van der Waals surface area contributed by atoms with Crippen LogP contribution in [0.3, 0.4) is 0 Å². The molecule has 0 spiro atoms. The predicted octanol–water partition coefficient (Wildman–Crippen LogP) is 2.84. The van der Waals surface area contributed by atoms with Crippen LogP contribution in [0.4, 0.5) is 10.1 Å². The first-order chi connectivity index (χ1) is 12.5. The monoisotopic (exact) mass is 394 g/mol. The van der Waals surface area contributed by atoms with Crippen molar-refractivity contribution in [3.8, 4) is 0 Å². The fourth-order valence-electron chi connectivity index (χ4n) is 2.72. The minimum Gasteiger partial charge on any atom is -0.587 e. The highest BCUT2D eigenvalue weighted by Crippen LogP contribution is 2.27. The summed E-state index contributed by atoms with van der Waals surface area (Å²) in [7, 11) is 0. The minimum absolute atomic E-state index is 0.324. The molecule has 8 heteroatoms. The van der Waals surface area contributed by atoms with Gasteiger partial charge in [-0.15, -0.1) is 9.93 Å². The standard InChI is InChI=1S/C18H20ClFN4OS/c1-13-2-4-15(5-3-13)26(25)23-22-12-16-17(20)10-14(19)11-18(16)24-8-6-21-7-9-24/h2-5,10-12,21,23H,6-9H2,1H3/b22-12+. The van der Waals surface area contributed by atoms with Crippen LogP contribution in [0.25, 0.3) is 0 Å². The van der Waals surface area contributed by atoms with Crippen molar-refractivity contribution in [2.75, 3.05) is 31.1 Å². The number of piperazine rings is 1. The highest BCUT2D eigenvalue weighted by atomic mass is 35.5. The molecule has 0 bridgehead atoms. The number of hydrazone groups is 1. The predicted molar refractivity (Wildman–Crippen MR) is 105 cm³/mol. The van der Waals surface area contributed by atoms with Crippen molar-refractivity contribution >= 4 is 34.9 Å². The van der Waals surface area contributed by atoms with Crippen molar-refractivity contribution < 1.29 is 8.94 Å². The van der Waals surface area contributed by atoms with Crippen LogP contribution in [0.1, 0.15) is 11.1 Å². The molecule has 1 heterocycles. The molecule has 5 nitrogen and oxygen atoms in total. The van der Waals surface area contributed by atoms with E-state index in [2.05, 4.69) is 20.1 Å². The van der Waals surface area contributed by atoms with Crippen LogP contribution >= 0.6 is 11.6 Å². The Kier molecular flexibility index (Phi) is 6.37. The van der Waals surface area contributed by atoms with Crippen molar-refractivity contribution in [1.82, 2.24) is 10.1 Å². The van der Waals surface area contributed by atoms with Gasteiger partial charge in [-0.1, -0.05) is 29.3 Å². The van der Waals surface area contributed by atoms with Crippen molar-refractivity contribution in [2.24, 2.45) is 5.10 Å². The number of aryl methyl sites for hydroxylation is 1. The zero-order valence-corrected chi connectivity index (χ0v) is 15.9. The third-order valence-electron chi connectivity index (χ3n) is 4.09. The summed E-state index contributed by atoms with van der Waals surface area (Å²) >= 11 is 4.52. The maximum atomic E-state index is 14.4. The molecule has 1 unspecified atom stereocenters. The number of rotatable bonds is 5. The number of hydrogen-bond donors (Lipinski definition) is 2. The third-order valence-corrected chi connectivity index (χ3v) is 5.28. The molecule has 26 heavy (non-hydrogen) atoms. The van der Waals surface area contributed by atoms with Gasteiger partial charge in [0.2, 0.25) is 0 Å². The molecule has 1 fully saturated rings. The Morgan fingerprint density at radius 3 is 2.65 bits per heavy atom. The Morgan fingerprint density at radius 1 is 1.27 bits per heavy atom. The normalized spacial score (nSPS) is 16.1. The van der Waals surface area contributed by atoms with Gasteiger partial charge in [-0.2, -0.15) is 0 Å². The molecule has 138 valence electrons. The van der Waals surface area contributed by atoms with E-state index in [0.717, 1.165) is 31.7 Å². The van der Waals surface area contributed by atoms with Gasteiger partial charge < -0.3 is 14.8 Å². The van der Waals surface area contributed by atoms with Crippen LogP contribution in [0.2, 0.25) is 5.02 Å². The maximum absolute atomic E-state index is 14.4. The van der Waals surface area contributed by atoms with E-state index in [9.17, 15) is 8.94 Å². The largest absolute Gasteiger partial charge is 0.587 e. The molecule has 0 amide bonds. The molecule has 2 aromatic rings. The first-order valence-electron chi connectivity index (χ1n) is 8.26. The summed E-state index contributed by atoms with van der Waals surface area (Å²) in [5, 5.41) is 7.58. The average molecular weight is 395 g/mol. The molecule has 0 aliphatic carbocycles. The number of nitrogens with zero attached hydrogens (tertiary/aromatic N) is 2. The van der Waals surface area contributed by atoms with Gasteiger partial charge in [-0.25, -0.2) is 4.39 Å². The van der Waals surface area contributed by atoms with Gasteiger partial charge in [0.05, 0.1) is 17.5 Å². The summed E-state index contributed by atoms with van der Waals surface area (Å²) in [5.41, 5.74) is 2.09. The molecule has 2 aromatic carbocycles. The van der Waals surface area contributed by atoms with Gasteiger partial charge >= 0.3 is 0 Å². The molecule has 1 aliphatic rings. The fraction of sp³-hybridized carbons (Fsp3) is 0.278. The van der Waals surface area contributed by atoms with Gasteiger partial charge in [-0.05, 0) is 31.2 Å². The molecular weight excluding hydrogens is 375 g/mol. The van der Waals surface area contributed by atoms with Gasteiger partial charge in [0.1, 0.15) is 17.2 Å². The van der Waals surface area contributed by atoms with Gasteiger partial charge in [0, 0.05) is 31.2 Å². The Hall–Kier alpha value is -1.80. The van der Waals surface area contributed by atoms with E-state index in [1.54, 1.807) is 18.2 Å². The Morgan fingerprint density at radius 2 is 1.96 bits per heavy atom. The second-order valence-corrected chi connectivity index (χ2v) is 7.62. The van der Waals surface area contributed by atoms with Crippen LogP contribution in [0.15, 0.2) is 46.4 Å². The van der Waals surface area contributed by atoms with E-state index in [1.165, 1.54) is 12.3 Å². The topological polar surface area (TPSA) is 62.7 Å². The molecule has 1 atom stereocenters. The second kappa shape index (κ2) is 8.73. The number of benzene rings is 2. The number of hydrogen-bond acceptors (Lipinski definition) is 5. The Balaban J connectivity index is 1.77. The SMILES string of the molecule is Cc1ccc([S+]([O-])N/N=C/c2c(F)cc(Cl)cc2N2CCNCC2)cc1. The lowest BCUT2D eigenvalue weighted by Crippen LogP contribution is -2.44. The Bertz CT molecular complexity index is 782. The number of nitrogens with one attached hydrogen (secondary N) is 2. The average Bonchev–Trinajstić information content (AvgIpc) is 2.64. The maximum Gasteiger partial charge on any atom is 0.181 e. The van der Waals surface area contributed by atoms with Gasteiger partial charge in [-0.3, -0.25) is 0 Å². The highest BCUT2D eigenvalue weighted by molar-refractivity contribution is 7.89. The van der Waals surface area contributed by atoms with Crippen molar-refractivity contribution in [2.45, 2.75) is 11.8 Å². The fourth-order valence-corrected chi connectivity index (χ4v) is 3.56. The van der Waals surface area contributed by atoms with Crippen molar-refractivity contribution in [1.29, 1.82) is 0 Å². The third kappa shape index (κ3) is 4.67. The second-order valence-electron chi connectivity index (χ2n) is 5.99. The first kappa shape index (κ1) is 19.0. The molecule has 0 saturated carbocycles. The van der Waals surface area contributed by atoms with E-state index in [4.69, 9.17) is 11.6 Å². The smallest absolute Gasteiger partial charge is 0.181 e. The van der Waals surface area contributed by atoms with Crippen LogP contribution in [-0.2, 0) is 11.4 Å². The molecule has 1 aliphatic heterocycles. The summed E-state index contributed by atoms with van der Waals surface area (Å²) < 4.78 is 26.7. The molecular formula is C18H20ClFN4OS. The molecule has 0 aromatic heterocycles. The van der Waals surface area contributed by atoms with E-state index in [-0.39, 0.29) is 0 Å². The zero-order valence-electron chi connectivity index (χ0n) is 14.3. The lowest BCUT2D eigenvalue weighted by Gasteiger charge is -2.30. The van der Waals surface area contributed by atoms with Crippen molar-refractivity contribution in [3.05, 3.63) is 58.4 Å². The zero-order chi connectivity index (χ0) is 18.5. The molecule has 2 N–H and O–H groups in total. The minimum atomic E-state index is -1.51.